The summed E-state index contributed by atoms with van der Waals surface area (Å²) in [5.41, 5.74) is 1.55. The molecule has 1 heterocycles. The van der Waals surface area contributed by atoms with Crippen LogP contribution in [0.4, 0.5) is 5.69 Å². The van der Waals surface area contributed by atoms with E-state index in [1.165, 1.54) is 24.3 Å². The lowest BCUT2D eigenvalue weighted by Gasteiger charge is -2.22. The van der Waals surface area contributed by atoms with Crippen molar-refractivity contribution in [3.63, 3.8) is 0 Å². The third-order valence-corrected chi connectivity index (χ3v) is 6.02. The van der Waals surface area contributed by atoms with Crippen molar-refractivity contribution < 1.29 is 27.9 Å². The molecule has 0 aliphatic carbocycles. The number of cyclic esters (lactones) is 1. The molecule has 2 N–H and O–H groups in total. The highest BCUT2D eigenvalue weighted by atomic mass is 32.2. The molecule has 3 rings (SSSR count). The Morgan fingerprint density at radius 2 is 1.90 bits per heavy atom. The average molecular weight is 412 g/mol. The molecule has 1 aliphatic heterocycles. The summed E-state index contributed by atoms with van der Waals surface area (Å²) in [6.45, 7) is 3.12. The Balaban J connectivity index is 2.18. The molecule has 0 saturated heterocycles. The van der Waals surface area contributed by atoms with Crippen molar-refractivity contribution in [3.8, 4) is 6.07 Å². The Morgan fingerprint density at radius 3 is 2.55 bits per heavy atom. The molecule has 8 nitrogen and oxygen atoms in total. The first-order valence-corrected chi connectivity index (χ1v) is 9.91. The van der Waals surface area contributed by atoms with E-state index < -0.39 is 33.5 Å². The second kappa shape index (κ2) is 7.41. The van der Waals surface area contributed by atoms with Crippen LogP contribution in [0.3, 0.4) is 0 Å². The van der Waals surface area contributed by atoms with E-state index in [9.17, 15) is 28.4 Å². The molecule has 0 unspecified atom stereocenters. The maximum Gasteiger partial charge on any atom is 0.339 e. The van der Waals surface area contributed by atoms with Crippen molar-refractivity contribution >= 4 is 33.2 Å². The van der Waals surface area contributed by atoms with Crippen LogP contribution in [0, 0.1) is 25.2 Å². The second-order valence-corrected chi connectivity index (χ2v) is 8.00. The first-order valence-electron chi connectivity index (χ1n) is 8.43. The lowest BCUT2D eigenvalue weighted by molar-refractivity contribution is 0.0541. The largest absolute Gasteiger partial charge is 0.478 e. The molecule has 0 amide bonds. The molecule has 148 valence electrons. The van der Waals surface area contributed by atoms with Crippen molar-refractivity contribution in [2.24, 2.45) is 0 Å². The number of aryl methyl sites for hydroxylation is 1. The summed E-state index contributed by atoms with van der Waals surface area (Å²) in [7, 11) is -4.45. The lowest BCUT2D eigenvalue weighted by Crippen LogP contribution is -2.23. The van der Waals surface area contributed by atoms with Gasteiger partial charge in [-0.1, -0.05) is 24.3 Å². The number of nitrogens with zero attached hydrogens (tertiary/aromatic N) is 1. The molecule has 0 radical (unpaired) electrons. The molecule has 0 fully saturated rings. The number of nitriles is 1. The Morgan fingerprint density at radius 1 is 1.21 bits per heavy atom. The maximum absolute atomic E-state index is 12.9. The number of sulfonamides is 1. The number of aromatic carboxylic acids is 1. The van der Waals surface area contributed by atoms with Gasteiger partial charge in [0.15, 0.2) is 4.91 Å². The molecule has 0 atom stereocenters. The number of carboxylic acids is 1. The molecule has 0 aromatic heterocycles. The summed E-state index contributed by atoms with van der Waals surface area (Å²) in [5.74, 6) is -1.92. The number of benzene rings is 2. The van der Waals surface area contributed by atoms with E-state index in [0.29, 0.717) is 11.1 Å². The van der Waals surface area contributed by atoms with Gasteiger partial charge in [-0.05, 0) is 42.7 Å². The number of carboxylic acid groups (broad SMARTS) is 1. The number of allylic oxidation sites excluding steroid dienone is 1. The highest BCUT2D eigenvalue weighted by Crippen LogP contribution is 2.33. The van der Waals surface area contributed by atoms with Crippen LogP contribution in [0.15, 0.2) is 41.3 Å². The van der Waals surface area contributed by atoms with Gasteiger partial charge in [-0.3, -0.25) is 4.72 Å². The van der Waals surface area contributed by atoms with Gasteiger partial charge in [-0.15, -0.1) is 0 Å². The molecule has 0 spiro atoms. The number of rotatable bonds is 4. The Kier molecular flexibility index (Phi) is 5.14. The van der Waals surface area contributed by atoms with E-state index in [1.807, 2.05) is 0 Å². The number of anilines is 1. The van der Waals surface area contributed by atoms with Gasteiger partial charge in [0.2, 0.25) is 0 Å². The van der Waals surface area contributed by atoms with Crippen LogP contribution in [0.1, 0.15) is 37.4 Å². The number of carbonyl (C=O) groups is 2. The molecular formula is C20H16N2O6S. The van der Waals surface area contributed by atoms with Gasteiger partial charge in [0, 0.05) is 5.57 Å². The Bertz CT molecular complexity index is 1220. The van der Waals surface area contributed by atoms with E-state index in [0.717, 1.165) is 5.56 Å². The number of hydrogen-bond donors (Lipinski definition) is 2. The van der Waals surface area contributed by atoms with Crippen molar-refractivity contribution in [2.75, 3.05) is 11.3 Å². The number of ether oxygens (including phenoxy) is 1. The van der Waals surface area contributed by atoms with E-state index in [2.05, 4.69) is 4.72 Å². The Labute approximate surface area is 167 Å². The number of para-hydroxylation sites is 1. The summed E-state index contributed by atoms with van der Waals surface area (Å²) >= 11 is 0. The molecule has 2 aromatic carbocycles. The molecule has 2 aromatic rings. The summed E-state index contributed by atoms with van der Waals surface area (Å²) in [6, 6.07) is 10.4. The van der Waals surface area contributed by atoms with Crippen LogP contribution < -0.4 is 4.72 Å². The first kappa shape index (κ1) is 20.1. The summed E-state index contributed by atoms with van der Waals surface area (Å²) < 4.78 is 33.1. The molecule has 0 saturated carbocycles. The highest BCUT2D eigenvalue weighted by Gasteiger charge is 2.32. The zero-order chi connectivity index (χ0) is 21.3. The minimum atomic E-state index is -4.45. The van der Waals surface area contributed by atoms with Crippen molar-refractivity contribution in [3.05, 3.63) is 69.1 Å². The molecule has 9 heteroatoms. The van der Waals surface area contributed by atoms with E-state index in [-0.39, 0.29) is 22.4 Å². The minimum absolute atomic E-state index is 0.0329. The monoisotopic (exact) mass is 412 g/mol. The van der Waals surface area contributed by atoms with Crippen LogP contribution in [0.2, 0.25) is 0 Å². The smallest absolute Gasteiger partial charge is 0.339 e. The van der Waals surface area contributed by atoms with Gasteiger partial charge in [0.25, 0.3) is 10.0 Å². The normalized spacial score (nSPS) is 15.0. The molecule has 1 aliphatic rings. The van der Waals surface area contributed by atoms with Crippen molar-refractivity contribution in [2.45, 2.75) is 13.8 Å². The molecule has 29 heavy (non-hydrogen) atoms. The van der Waals surface area contributed by atoms with Crippen molar-refractivity contribution in [1.82, 2.24) is 0 Å². The fourth-order valence-electron chi connectivity index (χ4n) is 3.05. The predicted octanol–water partition coefficient (Wildman–Crippen LogP) is 2.85. The van der Waals surface area contributed by atoms with Crippen LogP contribution >= 0.6 is 0 Å². The standard InChI is InChI=1S/C20H16N2O6S/c1-11-7-8-13-15(10-28-20(25)18(13)12(11)2)17(9-21)29(26,27)22-16-6-4-3-5-14(16)19(23)24/h3-8,22H,10H2,1-2H3,(H,23,24)/b17-15+. The molecule has 0 bridgehead atoms. The van der Waals surface area contributed by atoms with Gasteiger partial charge < -0.3 is 9.84 Å². The third-order valence-electron chi connectivity index (χ3n) is 4.66. The summed E-state index contributed by atoms with van der Waals surface area (Å²) in [4.78, 5) is 22.9. The minimum Gasteiger partial charge on any atom is -0.478 e. The van der Waals surface area contributed by atoms with E-state index in [1.54, 1.807) is 32.0 Å². The fourth-order valence-corrected chi connectivity index (χ4v) is 4.23. The van der Waals surface area contributed by atoms with Crippen LogP contribution in [0.25, 0.3) is 5.57 Å². The first-order chi connectivity index (χ1) is 13.7. The fraction of sp³-hybridized carbons (Fsp3) is 0.150. The van der Waals surface area contributed by atoms with Gasteiger partial charge in [0.05, 0.1) is 16.8 Å². The van der Waals surface area contributed by atoms with E-state index >= 15 is 0 Å². The lowest BCUT2D eigenvalue weighted by atomic mass is 9.91. The number of nitrogens with one attached hydrogen (secondary N) is 1. The molecular weight excluding hydrogens is 396 g/mol. The van der Waals surface area contributed by atoms with Crippen LogP contribution in [-0.2, 0) is 14.8 Å². The number of hydrogen-bond acceptors (Lipinski definition) is 6. The second-order valence-electron chi connectivity index (χ2n) is 6.38. The van der Waals surface area contributed by atoms with Crippen LogP contribution in [0.5, 0.6) is 0 Å². The highest BCUT2D eigenvalue weighted by molar-refractivity contribution is 7.97. The predicted molar refractivity (Wildman–Crippen MR) is 105 cm³/mol. The number of fused-ring (bicyclic) bond motifs is 1. The quantitative estimate of drug-likeness (QED) is 0.582. The zero-order valence-electron chi connectivity index (χ0n) is 15.5. The summed E-state index contributed by atoms with van der Waals surface area (Å²) in [5, 5.41) is 18.9. The van der Waals surface area contributed by atoms with Crippen LogP contribution in [-0.4, -0.2) is 32.1 Å². The third kappa shape index (κ3) is 3.58. The topological polar surface area (TPSA) is 134 Å². The Hall–Kier alpha value is -3.64. The SMILES string of the molecule is Cc1ccc2c(c1C)C(=O)OC/C2=C(/C#N)S(=O)(=O)Nc1ccccc1C(=O)O. The van der Waals surface area contributed by atoms with Gasteiger partial charge in [-0.25, -0.2) is 18.0 Å². The zero-order valence-corrected chi connectivity index (χ0v) is 16.3. The van der Waals surface area contributed by atoms with E-state index in [4.69, 9.17) is 4.74 Å². The summed E-state index contributed by atoms with van der Waals surface area (Å²) in [6.07, 6.45) is 0. The number of esters is 1. The number of carbonyl (C=O) groups excluding carboxylic acids is 1. The van der Waals surface area contributed by atoms with Gasteiger partial charge >= 0.3 is 11.9 Å². The van der Waals surface area contributed by atoms with Gasteiger partial charge in [0.1, 0.15) is 12.7 Å². The van der Waals surface area contributed by atoms with Gasteiger partial charge in [-0.2, -0.15) is 5.26 Å². The maximum atomic E-state index is 12.9. The average Bonchev–Trinajstić information content (AvgIpc) is 2.66. The van der Waals surface area contributed by atoms with Crippen molar-refractivity contribution in [1.29, 1.82) is 5.26 Å².